The van der Waals surface area contributed by atoms with Crippen molar-refractivity contribution in [1.82, 2.24) is 10.4 Å². The maximum atomic E-state index is 11.8. The maximum absolute atomic E-state index is 11.8. The summed E-state index contributed by atoms with van der Waals surface area (Å²) in [7, 11) is 3.17. The molecule has 2 rings (SSSR count). The number of carbonyl (C=O) groups excluding carboxylic acids is 1. The zero-order chi connectivity index (χ0) is 15.2. The van der Waals surface area contributed by atoms with Crippen molar-refractivity contribution < 1.29 is 14.3 Å². The molecule has 0 bridgehead atoms. The van der Waals surface area contributed by atoms with Gasteiger partial charge in [0.15, 0.2) is 0 Å². The average molecular weight is 287 g/mol. The van der Waals surface area contributed by atoms with Crippen molar-refractivity contribution in [3.8, 4) is 11.5 Å². The molecule has 1 aromatic carbocycles. The highest BCUT2D eigenvalue weighted by Gasteiger charge is 2.10. The summed E-state index contributed by atoms with van der Waals surface area (Å²) in [5, 5.41) is 4.10. The molecule has 110 valence electrons. The summed E-state index contributed by atoms with van der Waals surface area (Å²) < 4.78 is 10.5. The Bertz CT molecular complexity index is 648. The van der Waals surface area contributed by atoms with Gasteiger partial charge < -0.3 is 14.5 Å². The molecule has 1 heterocycles. The number of aromatic nitrogens is 1. The molecular weight excluding hydrogens is 270 g/mol. The Kier molecular flexibility index (Phi) is 4.61. The van der Waals surface area contributed by atoms with Gasteiger partial charge in [-0.2, -0.15) is 5.10 Å². The summed E-state index contributed by atoms with van der Waals surface area (Å²) in [6, 6.07) is 8.81. The van der Waals surface area contributed by atoms with Crippen LogP contribution in [0.3, 0.4) is 0 Å². The second kappa shape index (κ2) is 6.60. The van der Waals surface area contributed by atoms with Gasteiger partial charge in [-0.05, 0) is 37.3 Å². The molecule has 0 aliphatic heterocycles. The van der Waals surface area contributed by atoms with E-state index in [1.165, 1.54) is 0 Å². The van der Waals surface area contributed by atoms with Crippen LogP contribution >= 0.6 is 0 Å². The van der Waals surface area contributed by atoms with E-state index in [0.29, 0.717) is 22.9 Å². The van der Waals surface area contributed by atoms with Crippen molar-refractivity contribution in [1.29, 1.82) is 0 Å². The molecule has 0 fully saturated rings. The number of hydrazone groups is 1. The topological polar surface area (TPSA) is 75.7 Å². The highest BCUT2D eigenvalue weighted by molar-refractivity contribution is 6.02. The number of hydrogen-bond acceptors (Lipinski definition) is 4. The standard InChI is InChI=1S/C15H17N3O3/c1-10(17-18-15(19)13-5-4-8-16-13)12-9-11(20-2)6-7-14(12)21-3/h4-9,16H,1-3H3,(H,18,19)/b17-10-. The van der Waals surface area contributed by atoms with Crippen molar-refractivity contribution in [3.05, 3.63) is 47.8 Å². The summed E-state index contributed by atoms with van der Waals surface area (Å²) >= 11 is 0. The fraction of sp³-hybridized carbons (Fsp3) is 0.200. The van der Waals surface area contributed by atoms with Gasteiger partial charge in [0.1, 0.15) is 17.2 Å². The Morgan fingerprint density at radius 3 is 2.67 bits per heavy atom. The fourth-order valence-electron chi connectivity index (χ4n) is 1.82. The van der Waals surface area contributed by atoms with Crippen molar-refractivity contribution in [2.45, 2.75) is 6.92 Å². The number of aromatic amines is 1. The molecule has 0 saturated heterocycles. The minimum atomic E-state index is -0.304. The predicted molar refractivity (Wildman–Crippen MR) is 80.0 cm³/mol. The quantitative estimate of drug-likeness (QED) is 0.653. The van der Waals surface area contributed by atoms with Crippen LogP contribution in [-0.2, 0) is 0 Å². The molecule has 6 nitrogen and oxygen atoms in total. The van der Waals surface area contributed by atoms with E-state index in [-0.39, 0.29) is 5.91 Å². The molecule has 2 N–H and O–H groups in total. The molecular formula is C15H17N3O3. The molecule has 0 radical (unpaired) electrons. The van der Waals surface area contributed by atoms with Gasteiger partial charge in [0.25, 0.3) is 5.91 Å². The molecule has 0 aliphatic rings. The van der Waals surface area contributed by atoms with Crippen LogP contribution in [-0.4, -0.2) is 30.8 Å². The average Bonchev–Trinajstić information content (AvgIpc) is 3.06. The Hall–Kier alpha value is -2.76. The number of nitrogens with one attached hydrogen (secondary N) is 2. The summed E-state index contributed by atoms with van der Waals surface area (Å²) in [6.07, 6.45) is 1.68. The van der Waals surface area contributed by atoms with Crippen LogP contribution in [0.25, 0.3) is 0 Å². The SMILES string of the molecule is COc1ccc(OC)c(/C(C)=N\NC(=O)c2ccc[nH]2)c1. The van der Waals surface area contributed by atoms with Crippen LogP contribution < -0.4 is 14.9 Å². The molecule has 0 unspecified atom stereocenters. The Morgan fingerprint density at radius 2 is 2.05 bits per heavy atom. The third-order valence-electron chi connectivity index (χ3n) is 2.96. The summed E-state index contributed by atoms with van der Waals surface area (Å²) in [5.74, 6) is 1.04. The van der Waals surface area contributed by atoms with Gasteiger partial charge in [-0.1, -0.05) is 0 Å². The van der Waals surface area contributed by atoms with E-state index in [2.05, 4.69) is 15.5 Å². The van der Waals surface area contributed by atoms with Gasteiger partial charge in [0.05, 0.1) is 19.9 Å². The van der Waals surface area contributed by atoms with E-state index < -0.39 is 0 Å². The number of hydrogen-bond donors (Lipinski definition) is 2. The third kappa shape index (κ3) is 3.42. The third-order valence-corrected chi connectivity index (χ3v) is 2.96. The number of ether oxygens (including phenoxy) is 2. The molecule has 0 aliphatic carbocycles. The van der Waals surface area contributed by atoms with Crippen LogP contribution in [0.4, 0.5) is 0 Å². The van der Waals surface area contributed by atoms with Crippen molar-refractivity contribution >= 4 is 11.6 Å². The lowest BCUT2D eigenvalue weighted by molar-refractivity contribution is 0.0950. The molecule has 6 heteroatoms. The van der Waals surface area contributed by atoms with Crippen LogP contribution in [0.5, 0.6) is 11.5 Å². The number of rotatable bonds is 5. The molecule has 1 aromatic heterocycles. The van der Waals surface area contributed by atoms with Crippen LogP contribution in [0.1, 0.15) is 23.0 Å². The summed E-state index contributed by atoms with van der Waals surface area (Å²) in [6.45, 7) is 1.78. The van der Waals surface area contributed by atoms with E-state index >= 15 is 0 Å². The van der Waals surface area contributed by atoms with Gasteiger partial charge in [-0.3, -0.25) is 4.79 Å². The van der Waals surface area contributed by atoms with Gasteiger partial charge in [-0.15, -0.1) is 0 Å². The van der Waals surface area contributed by atoms with E-state index in [9.17, 15) is 4.79 Å². The normalized spacial score (nSPS) is 11.1. The zero-order valence-corrected chi connectivity index (χ0v) is 12.1. The maximum Gasteiger partial charge on any atom is 0.287 e. The number of nitrogens with zero attached hydrogens (tertiary/aromatic N) is 1. The van der Waals surface area contributed by atoms with Crippen LogP contribution in [0.2, 0.25) is 0 Å². The van der Waals surface area contributed by atoms with Gasteiger partial charge in [0, 0.05) is 11.8 Å². The lowest BCUT2D eigenvalue weighted by Crippen LogP contribution is -2.19. The minimum Gasteiger partial charge on any atom is -0.497 e. The highest BCUT2D eigenvalue weighted by Crippen LogP contribution is 2.24. The summed E-state index contributed by atoms with van der Waals surface area (Å²) in [4.78, 5) is 14.6. The van der Waals surface area contributed by atoms with Crippen LogP contribution in [0.15, 0.2) is 41.6 Å². The number of carbonyl (C=O) groups is 1. The molecule has 0 spiro atoms. The first kappa shape index (κ1) is 14.6. The lowest BCUT2D eigenvalue weighted by Gasteiger charge is -2.10. The Balaban J connectivity index is 2.20. The molecule has 0 atom stereocenters. The van der Waals surface area contributed by atoms with Gasteiger partial charge in [-0.25, -0.2) is 5.43 Å². The second-order valence-corrected chi connectivity index (χ2v) is 4.29. The van der Waals surface area contributed by atoms with E-state index in [1.807, 2.05) is 0 Å². The van der Waals surface area contributed by atoms with E-state index in [4.69, 9.17) is 9.47 Å². The van der Waals surface area contributed by atoms with Crippen molar-refractivity contribution in [2.24, 2.45) is 5.10 Å². The minimum absolute atomic E-state index is 0.304. The molecule has 0 saturated carbocycles. The second-order valence-electron chi connectivity index (χ2n) is 4.29. The Morgan fingerprint density at radius 1 is 1.24 bits per heavy atom. The molecule has 1 amide bonds. The van der Waals surface area contributed by atoms with Gasteiger partial charge >= 0.3 is 0 Å². The van der Waals surface area contributed by atoms with Crippen LogP contribution in [0, 0.1) is 0 Å². The molecule has 21 heavy (non-hydrogen) atoms. The molecule has 2 aromatic rings. The van der Waals surface area contributed by atoms with E-state index in [1.54, 1.807) is 57.7 Å². The fourth-order valence-corrected chi connectivity index (χ4v) is 1.82. The van der Waals surface area contributed by atoms with Crippen molar-refractivity contribution in [3.63, 3.8) is 0 Å². The monoisotopic (exact) mass is 287 g/mol. The smallest absolute Gasteiger partial charge is 0.287 e. The Labute approximate surface area is 122 Å². The number of H-pyrrole nitrogens is 1. The number of methoxy groups -OCH3 is 2. The largest absolute Gasteiger partial charge is 0.497 e. The number of benzene rings is 1. The van der Waals surface area contributed by atoms with Crippen molar-refractivity contribution in [2.75, 3.05) is 14.2 Å². The first-order valence-corrected chi connectivity index (χ1v) is 6.36. The predicted octanol–water partition coefficient (Wildman–Crippen LogP) is 2.19. The number of amides is 1. The zero-order valence-electron chi connectivity index (χ0n) is 12.1. The first-order chi connectivity index (χ1) is 10.2. The summed E-state index contributed by atoms with van der Waals surface area (Å²) in [5.41, 5.74) is 4.31. The van der Waals surface area contributed by atoms with E-state index in [0.717, 1.165) is 5.56 Å². The lowest BCUT2D eigenvalue weighted by atomic mass is 10.1. The first-order valence-electron chi connectivity index (χ1n) is 6.36. The van der Waals surface area contributed by atoms with Gasteiger partial charge in [0.2, 0.25) is 0 Å². The highest BCUT2D eigenvalue weighted by atomic mass is 16.5.